The van der Waals surface area contributed by atoms with Crippen LogP contribution < -0.4 is 5.56 Å². The third-order valence-electron chi connectivity index (χ3n) is 3.64. The molecule has 0 bridgehead atoms. The van der Waals surface area contributed by atoms with Crippen LogP contribution in [-0.4, -0.2) is 4.98 Å². The summed E-state index contributed by atoms with van der Waals surface area (Å²) in [5.41, 5.74) is 1.46. The first-order valence-electron chi connectivity index (χ1n) is 7.25. The average Bonchev–Trinajstić information content (AvgIpc) is 2.95. The number of aryl methyl sites for hydroxylation is 1. The summed E-state index contributed by atoms with van der Waals surface area (Å²) in [7, 11) is 0. The first-order chi connectivity index (χ1) is 11.5. The topological polar surface area (TPSA) is 56.6 Å². The molecule has 0 aliphatic carbocycles. The fourth-order valence-electron chi connectivity index (χ4n) is 2.43. The van der Waals surface area contributed by atoms with E-state index in [1.54, 1.807) is 29.5 Å². The number of nitrogens with one attached hydrogen (secondary N) is 1. The minimum atomic E-state index is -0.447. The molecule has 2 aromatic heterocycles. The Kier molecular flexibility index (Phi) is 4.65. The van der Waals surface area contributed by atoms with E-state index < -0.39 is 5.56 Å². The van der Waals surface area contributed by atoms with Crippen LogP contribution in [0.5, 0.6) is 0 Å². The zero-order chi connectivity index (χ0) is 17.3. The smallest absolute Gasteiger partial charge is 0.267 e. The molecule has 0 radical (unpaired) electrons. The molecule has 0 aliphatic heterocycles. The van der Waals surface area contributed by atoms with Crippen molar-refractivity contribution in [3.8, 4) is 27.8 Å². The van der Waals surface area contributed by atoms with Gasteiger partial charge in [-0.05, 0) is 64.3 Å². The van der Waals surface area contributed by atoms with Gasteiger partial charge in [-0.2, -0.15) is 5.26 Å². The number of nitrogens with zero attached hydrogens (tertiary/aromatic N) is 1. The first-order valence-corrected chi connectivity index (χ1v) is 8.86. The fraction of sp³-hybridized carbons (Fsp3) is 0.111. The van der Waals surface area contributed by atoms with Crippen molar-refractivity contribution in [2.24, 2.45) is 0 Å². The van der Waals surface area contributed by atoms with E-state index in [1.807, 2.05) is 19.1 Å². The fourth-order valence-corrected chi connectivity index (χ4v) is 4.35. The molecule has 6 heteroatoms. The van der Waals surface area contributed by atoms with E-state index in [1.165, 1.54) is 12.1 Å². The highest BCUT2D eigenvalue weighted by molar-refractivity contribution is 9.10. The van der Waals surface area contributed by atoms with Gasteiger partial charge in [0.1, 0.15) is 17.4 Å². The van der Waals surface area contributed by atoms with Crippen LogP contribution in [0.3, 0.4) is 0 Å². The van der Waals surface area contributed by atoms with Crippen LogP contribution in [0.1, 0.15) is 17.4 Å². The van der Waals surface area contributed by atoms with Gasteiger partial charge in [0.05, 0.1) is 0 Å². The van der Waals surface area contributed by atoms with E-state index in [2.05, 4.69) is 20.9 Å². The van der Waals surface area contributed by atoms with Crippen molar-refractivity contribution in [1.29, 1.82) is 5.26 Å². The maximum atomic E-state index is 13.1. The molecule has 1 N–H and O–H groups in total. The Labute approximate surface area is 150 Å². The Balaban J connectivity index is 2.22. The first kappa shape index (κ1) is 16.6. The maximum absolute atomic E-state index is 13.1. The van der Waals surface area contributed by atoms with E-state index in [0.29, 0.717) is 16.8 Å². The number of H-pyrrole nitrogens is 1. The second-order valence-corrected chi connectivity index (χ2v) is 7.15. The molecule has 0 saturated heterocycles. The van der Waals surface area contributed by atoms with Gasteiger partial charge in [0.25, 0.3) is 5.56 Å². The third kappa shape index (κ3) is 3.05. The van der Waals surface area contributed by atoms with Crippen molar-refractivity contribution in [1.82, 2.24) is 4.98 Å². The number of benzene rings is 1. The van der Waals surface area contributed by atoms with E-state index >= 15 is 0 Å². The molecule has 0 atom stereocenters. The lowest BCUT2D eigenvalue weighted by atomic mass is 10.0. The Hall–Kier alpha value is -2.23. The average molecular weight is 403 g/mol. The van der Waals surface area contributed by atoms with E-state index in [4.69, 9.17) is 0 Å². The van der Waals surface area contributed by atoms with Crippen molar-refractivity contribution in [2.75, 3.05) is 0 Å². The predicted molar refractivity (Wildman–Crippen MR) is 97.6 cm³/mol. The van der Waals surface area contributed by atoms with Crippen molar-refractivity contribution in [3.05, 3.63) is 67.5 Å². The summed E-state index contributed by atoms with van der Waals surface area (Å²) in [5, 5.41) is 9.37. The van der Waals surface area contributed by atoms with Crippen LogP contribution in [0, 0.1) is 17.1 Å². The second-order valence-electron chi connectivity index (χ2n) is 5.15. The summed E-state index contributed by atoms with van der Waals surface area (Å²) in [5.74, 6) is -0.343. The van der Waals surface area contributed by atoms with Gasteiger partial charge in [-0.3, -0.25) is 4.79 Å². The Morgan fingerprint density at radius 2 is 2.00 bits per heavy atom. The van der Waals surface area contributed by atoms with Gasteiger partial charge in [-0.15, -0.1) is 11.3 Å². The molecule has 0 unspecified atom stereocenters. The number of nitriles is 1. The summed E-state index contributed by atoms with van der Waals surface area (Å²) in [6.45, 7) is 2.05. The van der Waals surface area contributed by atoms with Crippen molar-refractivity contribution >= 4 is 27.3 Å². The van der Waals surface area contributed by atoms with Gasteiger partial charge in [-0.1, -0.05) is 6.92 Å². The minimum absolute atomic E-state index is 0.0808. The van der Waals surface area contributed by atoms with Crippen LogP contribution in [-0.2, 0) is 6.42 Å². The summed E-state index contributed by atoms with van der Waals surface area (Å²) in [4.78, 5) is 17.0. The number of halogens is 2. The molecule has 0 aliphatic rings. The van der Waals surface area contributed by atoms with Gasteiger partial charge >= 0.3 is 0 Å². The third-order valence-corrected chi connectivity index (χ3v) is 5.93. The molecule has 3 aromatic rings. The molecular formula is C18H12BrFN2OS. The Bertz CT molecular complexity index is 999. The molecule has 2 heterocycles. The number of hydrogen-bond acceptors (Lipinski definition) is 3. The van der Waals surface area contributed by atoms with Crippen LogP contribution in [0.2, 0.25) is 0 Å². The summed E-state index contributed by atoms with van der Waals surface area (Å²) in [6, 6.07) is 11.5. The van der Waals surface area contributed by atoms with E-state index in [9.17, 15) is 14.4 Å². The largest absolute Gasteiger partial charge is 0.321 e. The van der Waals surface area contributed by atoms with E-state index in [-0.39, 0.29) is 11.4 Å². The maximum Gasteiger partial charge on any atom is 0.267 e. The zero-order valence-electron chi connectivity index (χ0n) is 12.7. The van der Waals surface area contributed by atoms with Crippen molar-refractivity contribution in [2.45, 2.75) is 13.3 Å². The number of hydrogen-bond donors (Lipinski definition) is 1. The van der Waals surface area contributed by atoms with Crippen LogP contribution >= 0.6 is 27.3 Å². The lowest BCUT2D eigenvalue weighted by molar-refractivity contribution is 0.628. The normalized spacial score (nSPS) is 10.6. The van der Waals surface area contributed by atoms with Crippen LogP contribution in [0.25, 0.3) is 21.7 Å². The molecule has 0 spiro atoms. The quantitative estimate of drug-likeness (QED) is 0.661. The van der Waals surface area contributed by atoms with Crippen LogP contribution in [0.15, 0.2) is 45.7 Å². The Morgan fingerprint density at radius 1 is 1.29 bits per heavy atom. The number of aromatic nitrogens is 1. The summed E-state index contributed by atoms with van der Waals surface area (Å²) >= 11 is 5.06. The molecule has 3 nitrogen and oxygen atoms in total. The highest BCUT2D eigenvalue weighted by atomic mass is 79.9. The lowest BCUT2D eigenvalue weighted by Gasteiger charge is -2.06. The number of rotatable bonds is 3. The highest BCUT2D eigenvalue weighted by Crippen LogP contribution is 2.36. The standard InChI is InChI=1S/C18H12BrFN2OS/c1-2-16-14(19)8-17(24-16)12-7-15(22-18(23)13(12)9-21)10-3-5-11(20)6-4-10/h3-8H,2H2,1H3,(H,22,23). The van der Waals surface area contributed by atoms with Crippen molar-refractivity contribution in [3.63, 3.8) is 0 Å². The molecule has 0 saturated carbocycles. The molecule has 1 aromatic carbocycles. The minimum Gasteiger partial charge on any atom is -0.321 e. The van der Waals surface area contributed by atoms with Gasteiger partial charge in [0.15, 0.2) is 0 Å². The van der Waals surface area contributed by atoms with E-state index in [0.717, 1.165) is 20.6 Å². The summed E-state index contributed by atoms with van der Waals surface area (Å²) < 4.78 is 14.1. The SMILES string of the molecule is CCc1sc(-c2cc(-c3ccc(F)cc3)[nH]c(=O)c2C#N)cc1Br. The Morgan fingerprint density at radius 3 is 2.58 bits per heavy atom. The predicted octanol–water partition coefficient (Wildman–Crippen LogP) is 5.11. The molecule has 3 rings (SSSR count). The molecular weight excluding hydrogens is 391 g/mol. The number of thiophene rings is 1. The van der Waals surface area contributed by atoms with Gasteiger partial charge in [0, 0.05) is 25.5 Å². The highest BCUT2D eigenvalue weighted by Gasteiger charge is 2.16. The van der Waals surface area contributed by atoms with Gasteiger partial charge in [-0.25, -0.2) is 4.39 Å². The molecule has 0 fully saturated rings. The van der Waals surface area contributed by atoms with Crippen molar-refractivity contribution < 1.29 is 4.39 Å². The second kappa shape index (κ2) is 6.71. The zero-order valence-corrected chi connectivity index (χ0v) is 15.1. The monoisotopic (exact) mass is 402 g/mol. The van der Waals surface area contributed by atoms with Gasteiger partial charge in [0.2, 0.25) is 0 Å². The molecule has 24 heavy (non-hydrogen) atoms. The number of pyridine rings is 1. The number of aromatic amines is 1. The molecule has 120 valence electrons. The van der Waals surface area contributed by atoms with Crippen LogP contribution in [0.4, 0.5) is 4.39 Å². The molecule has 0 amide bonds. The lowest BCUT2D eigenvalue weighted by Crippen LogP contribution is -2.12. The van der Waals surface area contributed by atoms with Gasteiger partial charge < -0.3 is 4.98 Å². The summed E-state index contributed by atoms with van der Waals surface area (Å²) in [6.07, 6.45) is 0.862.